The Hall–Kier alpha value is -2.00. The van der Waals surface area contributed by atoms with Crippen molar-refractivity contribution in [1.82, 2.24) is 5.32 Å². The molecule has 0 saturated carbocycles. The van der Waals surface area contributed by atoms with Crippen molar-refractivity contribution in [2.75, 3.05) is 14.2 Å². The van der Waals surface area contributed by atoms with Gasteiger partial charge in [-0.05, 0) is 49.1 Å². The topological polar surface area (TPSA) is 30.5 Å². The van der Waals surface area contributed by atoms with E-state index in [2.05, 4.69) is 42.6 Å². The lowest BCUT2D eigenvalue weighted by Gasteiger charge is -2.22. The van der Waals surface area contributed by atoms with Crippen LogP contribution in [0.5, 0.6) is 11.5 Å². The summed E-state index contributed by atoms with van der Waals surface area (Å²) in [5, 5.41) is 3.73. The first kappa shape index (κ1) is 14.9. The lowest BCUT2D eigenvalue weighted by atomic mass is 10.0. The summed E-state index contributed by atoms with van der Waals surface area (Å²) in [6.45, 7) is 2.18. The summed E-state index contributed by atoms with van der Waals surface area (Å²) in [6, 6.07) is 15.3. The van der Waals surface area contributed by atoms with Gasteiger partial charge in [-0.15, -0.1) is 0 Å². The molecule has 1 aliphatic rings. The van der Waals surface area contributed by atoms with Gasteiger partial charge >= 0.3 is 0 Å². The van der Waals surface area contributed by atoms with Crippen molar-refractivity contribution >= 4 is 0 Å². The fraction of sp³-hybridized carbons (Fsp3) is 0.368. The summed E-state index contributed by atoms with van der Waals surface area (Å²) < 4.78 is 10.8. The summed E-state index contributed by atoms with van der Waals surface area (Å²) in [4.78, 5) is 0. The van der Waals surface area contributed by atoms with E-state index >= 15 is 0 Å². The molecule has 0 bridgehead atoms. The summed E-state index contributed by atoms with van der Waals surface area (Å²) in [7, 11) is 3.40. The van der Waals surface area contributed by atoms with Crippen LogP contribution in [0.15, 0.2) is 42.5 Å². The van der Waals surface area contributed by atoms with E-state index in [1.165, 1.54) is 11.1 Å². The van der Waals surface area contributed by atoms with Crippen LogP contribution < -0.4 is 14.8 Å². The van der Waals surface area contributed by atoms with Crippen LogP contribution in [0.1, 0.15) is 29.7 Å². The van der Waals surface area contributed by atoms with E-state index < -0.39 is 0 Å². The molecule has 0 aliphatic heterocycles. The number of hydrogen-bond donors (Lipinski definition) is 1. The first-order valence-electron chi connectivity index (χ1n) is 7.76. The molecule has 1 atom stereocenters. The molecule has 3 rings (SSSR count). The van der Waals surface area contributed by atoms with Crippen molar-refractivity contribution < 1.29 is 9.47 Å². The van der Waals surface area contributed by atoms with E-state index in [4.69, 9.17) is 9.47 Å². The molecule has 3 heteroatoms. The molecule has 0 spiro atoms. The fourth-order valence-electron chi connectivity index (χ4n) is 3.30. The Morgan fingerprint density at radius 2 is 1.68 bits per heavy atom. The monoisotopic (exact) mass is 297 g/mol. The average Bonchev–Trinajstić information content (AvgIpc) is 2.96. The second kappa shape index (κ2) is 6.41. The van der Waals surface area contributed by atoms with Crippen LogP contribution in [-0.4, -0.2) is 20.3 Å². The minimum Gasteiger partial charge on any atom is -0.497 e. The van der Waals surface area contributed by atoms with E-state index in [0.717, 1.165) is 29.9 Å². The Morgan fingerprint density at radius 1 is 1.00 bits per heavy atom. The normalized spacial score (nSPS) is 15.4. The van der Waals surface area contributed by atoms with E-state index in [9.17, 15) is 0 Å². The zero-order valence-corrected chi connectivity index (χ0v) is 13.4. The quantitative estimate of drug-likeness (QED) is 0.916. The number of nitrogens with one attached hydrogen (secondary N) is 1. The maximum atomic E-state index is 5.50. The van der Waals surface area contributed by atoms with Crippen LogP contribution in [0.25, 0.3) is 0 Å². The van der Waals surface area contributed by atoms with Crippen LogP contribution >= 0.6 is 0 Å². The van der Waals surface area contributed by atoms with E-state index in [1.807, 2.05) is 12.1 Å². The summed E-state index contributed by atoms with van der Waals surface area (Å²) in [6.07, 6.45) is 2.18. The third-order valence-corrected chi connectivity index (χ3v) is 4.44. The zero-order valence-electron chi connectivity index (χ0n) is 13.4. The number of hydrogen-bond acceptors (Lipinski definition) is 3. The molecule has 2 aromatic carbocycles. The van der Waals surface area contributed by atoms with Crippen LogP contribution in [0.3, 0.4) is 0 Å². The summed E-state index contributed by atoms with van der Waals surface area (Å²) in [5.74, 6) is 1.76. The SMILES string of the molecule is COc1ccc(OC)c(C(C)NC2Cc3ccccc3C2)c1. The standard InChI is InChI=1S/C19H23NO2/c1-13(18-12-17(21-2)8-9-19(18)22-3)20-16-10-14-6-4-5-7-15(14)11-16/h4-9,12-13,16,20H,10-11H2,1-3H3. The second-order valence-corrected chi connectivity index (χ2v) is 5.87. The summed E-state index contributed by atoms with van der Waals surface area (Å²) >= 11 is 0. The first-order chi connectivity index (χ1) is 10.7. The fourth-order valence-corrected chi connectivity index (χ4v) is 3.30. The molecule has 0 radical (unpaired) electrons. The Balaban J connectivity index is 1.74. The molecule has 1 N–H and O–H groups in total. The first-order valence-corrected chi connectivity index (χ1v) is 7.76. The maximum absolute atomic E-state index is 5.50. The number of ether oxygens (including phenoxy) is 2. The zero-order chi connectivity index (χ0) is 15.5. The van der Waals surface area contributed by atoms with Crippen molar-refractivity contribution in [3.8, 4) is 11.5 Å². The highest BCUT2D eigenvalue weighted by molar-refractivity contribution is 5.42. The molecular formula is C19H23NO2. The van der Waals surface area contributed by atoms with Gasteiger partial charge in [-0.25, -0.2) is 0 Å². The number of methoxy groups -OCH3 is 2. The van der Waals surface area contributed by atoms with Crippen molar-refractivity contribution in [2.24, 2.45) is 0 Å². The van der Waals surface area contributed by atoms with Gasteiger partial charge in [-0.2, -0.15) is 0 Å². The summed E-state index contributed by atoms with van der Waals surface area (Å²) in [5.41, 5.74) is 4.06. The highest BCUT2D eigenvalue weighted by Gasteiger charge is 2.23. The van der Waals surface area contributed by atoms with E-state index in [-0.39, 0.29) is 6.04 Å². The van der Waals surface area contributed by atoms with Gasteiger partial charge in [0.05, 0.1) is 14.2 Å². The number of benzene rings is 2. The Bertz CT molecular complexity index is 629. The third kappa shape index (κ3) is 2.95. The minimum absolute atomic E-state index is 0.212. The van der Waals surface area contributed by atoms with Gasteiger partial charge < -0.3 is 14.8 Å². The van der Waals surface area contributed by atoms with Crippen LogP contribution in [0, 0.1) is 0 Å². The smallest absolute Gasteiger partial charge is 0.123 e. The molecule has 0 heterocycles. The largest absolute Gasteiger partial charge is 0.497 e. The van der Waals surface area contributed by atoms with Gasteiger partial charge in [0.15, 0.2) is 0 Å². The Labute approximate surface area is 132 Å². The Morgan fingerprint density at radius 3 is 2.27 bits per heavy atom. The second-order valence-electron chi connectivity index (χ2n) is 5.87. The molecular weight excluding hydrogens is 274 g/mol. The van der Waals surface area contributed by atoms with Crippen LogP contribution in [0.4, 0.5) is 0 Å². The highest BCUT2D eigenvalue weighted by atomic mass is 16.5. The molecule has 0 amide bonds. The maximum Gasteiger partial charge on any atom is 0.123 e. The van der Waals surface area contributed by atoms with Gasteiger partial charge in [0, 0.05) is 17.6 Å². The minimum atomic E-state index is 0.212. The van der Waals surface area contributed by atoms with Crippen molar-refractivity contribution in [1.29, 1.82) is 0 Å². The van der Waals surface area contributed by atoms with E-state index in [1.54, 1.807) is 14.2 Å². The highest BCUT2D eigenvalue weighted by Crippen LogP contribution is 2.31. The molecule has 0 fully saturated rings. The van der Waals surface area contributed by atoms with Crippen molar-refractivity contribution in [2.45, 2.75) is 31.8 Å². The predicted octanol–water partition coefficient (Wildman–Crippen LogP) is 3.52. The molecule has 0 aromatic heterocycles. The molecule has 2 aromatic rings. The lowest BCUT2D eigenvalue weighted by Crippen LogP contribution is -2.32. The molecule has 116 valence electrons. The van der Waals surface area contributed by atoms with Gasteiger partial charge in [0.1, 0.15) is 11.5 Å². The van der Waals surface area contributed by atoms with E-state index in [0.29, 0.717) is 6.04 Å². The van der Waals surface area contributed by atoms with Crippen molar-refractivity contribution in [3.05, 3.63) is 59.2 Å². The Kier molecular flexibility index (Phi) is 4.34. The van der Waals surface area contributed by atoms with Gasteiger partial charge in [-0.1, -0.05) is 24.3 Å². The molecule has 3 nitrogen and oxygen atoms in total. The predicted molar refractivity (Wildman–Crippen MR) is 88.7 cm³/mol. The molecule has 1 aliphatic carbocycles. The average molecular weight is 297 g/mol. The third-order valence-electron chi connectivity index (χ3n) is 4.44. The van der Waals surface area contributed by atoms with Gasteiger partial charge in [0.2, 0.25) is 0 Å². The van der Waals surface area contributed by atoms with Crippen LogP contribution in [0.2, 0.25) is 0 Å². The van der Waals surface area contributed by atoms with Crippen molar-refractivity contribution in [3.63, 3.8) is 0 Å². The van der Waals surface area contributed by atoms with Crippen LogP contribution in [-0.2, 0) is 12.8 Å². The lowest BCUT2D eigenvalue weighted by molar-refractivity contribution is 0.385. The molecule has 22 heavy (non-hydrogen) atoms. The van der Waals surface area contributed by atoms with Gasteiger partial charge in [0.25, 0.3) is 0 Å². The molecule has 0 saturated heterocycles. The van der Waals surface area contributed by atoms with Gasteiger partial charge in [-0.3, -0.25) is 0 Å². The number of rotatable bonds is 5. The molecule has 1 unspecified atom stereocenters. The number of fused-ring (bicyclic) bond motifs is 1.